The lowest BCUT2D eigenvalue weighted by atomic mass is 9.81. The van der Waals surface area contributed by atoms with Crippen LogP contribution in [0.15, 0.2) is 11.4 Å². The summed E-state index contributed by atoms with van der Waals surface area (Å²) in [6.45, 7) is 8.09. The van der Waals surface area contributed by atoms with Crippen LogP contribution < -0.4 is 5.32 Å². The lowest BCUT2D eigenvalue weighted by Crippen LogP contribution is -2.23. The van der Waals surface area contributed by atoms with Gasteiger partial charge >= 0.3 is 0 Å². The predicted octanol–water partition coefficient (Wildman–Crippen LogP) is 4.92. The minimum absolute atomic E-state index is 0.521. The quantitative estimate of drug-likeness (QED) is 0.796. The third-order valence-electron chi connectivity index (χ3n) is 4.43. The van der Waals surface area contributed by atoms with Crippen molar-refractivity contribution in [2.45, 2.75) is 58.9 Å². The largest absolute Gasteiger partial charge is 0.309 e. The second-order valence-corrected chi connectivity index (χ2v) is 7.01. The maximum Gasteiger partial charge on any atom is 0.0388 e. The summed E-state index contributed by atoms with van der Waals surface area (Å²) in [5.41, 5.74) is 1.44. The first-order chi connectivity index (χ1) is 8.66. The van der Waals surface area contributed by atoms with Crippen LogP contribution in [0.1, 0.15) is 62.4 Å². The van der Waals surface area contributed by atoms with Gasteiger partial charge in [-0.2, -0.15) is 0 Å². The molecule has 1 saturated carbocycles. The molecule has 0 bridgehead atoms. The van der Waals surface area contributed by atoms with Crippen LogP contribution >= 0.6 is 11.3 Å². The summed E-state index contributed by atoms with van der Waals surface area (Å²) < 4.78 is 0. The highest BCUT2D eigenvalue weighted by atomic mass is 32.1. The van der Waals surface area contributed by atoms with E-state index in [9.17, 15) is 0 Å². The van der Waals surface area contributed by atoms with Crippen molar-refractivity contribution in [2.75, 3.05) is 6.54 Å². The fourth-order valence-corrected chi connectivity index (χ4v) is 4.00. The van der Waals surface area contributed by atoms with Crippen LogP contribution in [-0.2, 0) is 0 Å². The van der Waals surface area contributed by atoms with Crippen molar-refractivity contribution in [2.24, 2.45) is 11.8 Å². The third-order valence-corrected chi connectivity index (χ3v) is 5.64. The van der Waals surface area contributed by atoms with Crippen molar-refractivity contribution in [1.29, 1.82) is 0 Å². The molecule has 1 aromatic rings. The predicted molar refractivity (Wildman–Crippen MR) is 81.2 cm³/mol. The number of hydrogen-bond donors (Lipinski definition) is 1. The average Bonchev–Trinajstić information content (AvgIpc) is 2.78. The molecule has 18 heavy (non-hydrogen) atoms. The molecule has 0 amide bonds. The number of nitrogens with one attached hydrogen (secondary N) is 1. The third kappa shape index (κ3) is 3.83. The number of aryl methyl sites for hydroxylation is 1. The Labute approximate surface area is 116 Å². The molecule has 0 aromatic carbocycles. The van der Waals surface area contributed by atoms with Gasteiger partial charge in [0.25, 0.3) is 0 Å². The van der Waals surface area contributed by atoms with E-state index >= 15 is 0 Å². The van der Waals surface area contributed by atoms with Crippen molar-refractivity contribution in [3.8, 4) is 0 Å². The van der Waals surface area contributed by atoms with Gasteiger partial charge in [0.15, 0.2) is 0 Å². The monoisotopic (exact) mass is 265 g/mol. The highest BCUT2D eigenvalue weighted by Gasteiger charge is 2.18. The van der Waals surface area contributed by atoms with Crippen LogP contribution in [0.3, 0.4) is 0 Å². The molecule has 1 N–H and O–H groups in total. The molecule has 0 saturated heterocycles. The second-order valence-electron chi connectivity index (χ2n) is 6.06. The zero-order valence-corrected chi connectivity index (χ0v) is 12.9. The number of hydrogen-bond acceptors (Lipinski definition) is 2. The van der Waals surface area contributed by atoms with E-state index in [4.69, 9.17) is 0 Å². The summed E-state index contributed by atoms with van der Waals surface area (Å²) in [6, 6.07) is 2.74. The van der Waals surface area contributed by atoms with Gasteiger partial charge in [-0.25, -0.2) is 0 Å². The van der Waals surface area contributed by atoms with Gasteiger partial charge in [-0.15, -0.1) is 11.3 Å². The van der Waals surface area contributed by atoms with E-state index in [1.165, 1.54) is 49.1 Å². The smallest absolute Gasteiger partial charge is 0.0388 e. The van der Waals surface area contributed by atoms with Crippen molar-refractivity contribution in [3.05, 3.63) is 21.9 Å². The zero-order chi connectivity index (χ0) is 13.0. The van der Waals surface area contributed by atoms with Crippen LogP contribution in [0.2, 0.25) is 0 Å². The summed E-state index contributed by atoms with van der Waals surface area (Å²) in [7, 11) is 0. The highest BCUT2D eigenvalue weighted by molar-refractivity contribution is 7.10. The summed E-state index contributed by atoms with van der Waals surface area (Å²) in [5, 5.41) is 5.89. The first-order valence-corrected chi connectivity index (χ1v) is 8.32. The molecule has 1 aliphatic rings. The van der Waals surface area contributed by atoms with Gasteiger partial charge < -0.3 is 5.32 Å². The SMILES string of the molecule is Cc1ccsc1C(C)NCCC1CCC(C)CC1. The van der Waals surface area contributed by atoms with E-state index in [1.54, 1.807) is 0 Å². The Morgan fingerprint density at radius 3 is 2.67 bits per heavy atom. The molecule has 0 radical (unpaired) electrons. The van der Waals surface area contributed by atoms with Gasteiger partial charge in [0.1, 0.15) is 0 Å². The number of thiophene rings is 1. The van der Waals surface area contributed by atoms with E-state index < -0.39 is 0 Å². The van der Waals surface area contributed by atoms with Crippen molar-refractivity contribution < 1.29 is 0 Å². The normalized spacial score (nSPS) is 26.2. The van der Waals surface area contributed by atoms with Gasteiger partial charge in [-0.05, 0) is 55.7 Å². The molecule has 1 nitrogen and oxygen atoms in total. The average molecular weight is 265 g/mol. The zero-order valence-electron chi connectivity index (χ0n) is 12.0. The molecule has 0 aliphatic heterocycles. The minimum Gasteiger partial charge on any atom is -0.309 e. The molecule has 2 heteroatoms. The molecule has 1 heterocycles. The van der Waals surface area contributed by atoms with Crippen LogP contribution in [0.4, 0.5) is 0 Å². The summed E-state index contributed by atoms with van der Waals surface area (Å²) >= 11 is 1.88. The molecule has 102 valence electrons. The molecule has 1 aliphatic carbocycles. The van der Waals surface area contributed by atoms with Gasteiger partial charge in [-0.3, -0.25) is 0 Å². The molecular weight excluding hydrogens is 238 g/mol. The Morgan fingerprint density at radius 2 is 2.06 bits per heavy atom. The maximum atomic E-state index is 3.69. The lowest BCUT2D eigenvalue weighted by Gasteiger charge is -2.26. The molecule has 0 spiro atoms. The van der Waals surface area contributed by atoms with Crippen molar-refractivity contribution in [3.63, 3.8) is 0 Å². The topological polar surface area (TPSA) is 12.0 Å². The Balaban J connectivity index is 1.68. The van der Waals surface area contributed by atoms with Crippen molar-refractivity contribution >= 4 is 11.3 Å². The van der Waals surface area contributed by atoms with E-state index in [-0.39, 0.29) is 0 Å². The lowest BCUT2D eigenvalue weighted by molar-refractivity contribution is 0.273. The first-order valence-electron chi connectivity index (χ1n) is 7.44. The highest BCUT2D eigenvalue weighted by Crippen LogP contribution is 2.30. The summed E-state index contributed by atoms with van der Waals surface area (Å²) in [6.07, 6.45) is 7.17. The van der Waals surface area contributed by atoms with Crippen LogP contribution in [0, 0.1) is 18.8 Å². The van der Waals surface area contributed by atoms with Crippen molar-refractivity contribution in [1.82, 2.24) is 5.32 Å². The molecule has 1 atom stereocenters. The Morgan fingerprint density at radius 1 is 1.33 bits per heavy atom. The number of rotatable bonds is 5. The van der Waals surface area contributed by atoms with E-state index in [2.05, 4.69) is 37.5 Å². The van der Waals surface area contributed by atoms with Crippen LogP contribution in [0.5, 0.6) is 0 Å². The fourth-order valence-electron chi connectivity index (χ4n) is 3.04. The molecular formula is C16H27NS. The van der Waals surface area contributed by atoms with Gasteiger partial charge in [-0.1, -0.05) is 32.6 Å². The molecule has 1 aromatic heterocycles. The van der Waals surface area contributed by atoms with E-state index in [0.717, 1.165) is 11.8 Å². The summed E-state index contributed by atoms with van der Waals surface area (Å²) in [5.74, 6) is 1.95. The molecule has 1 fully saturated rings. The minimum atomic E-state index is 0.521. The molecule has 2 rings (SSSR count). The Kier molecular flexibility index (Phi) is 5.25. The van der Waals surface area contributed by atoms with Crippen LogP contribution in [-0.4, -0.2) is 6.54 Å². The van der Waals surface area contributed by atoms with E-state index in [0.29, 0.717) is 6.04 Å². The van der Waals surface area contributed by atoms with E-state index in [1.807, 2.05) is 11.3 Å². The Bertz CT molecular complexity index is 350. The van der Waals surface area contributed by atoms with Crippen LogP contribution in [0.25, 0.3) is 0 Å². The van der Waals surface area contributed by atoms with Gasteiger partial charge in [0, 0.05) is 10.9 Å². The molecule has 1 unspecified atom stereocenters. The standard InChI is InChI=1S/C16H27NS/c1-12-4-6-15(7-5-12)8-10-17-14(3)16-13(2)9-11-18-16/h9,11-12,14-15,17H,4-8,10H2,1-3H3. The van der Waals surface area contributed by atoms with Gasteiger partial charge in [0.05, 0.1) is 0 Å². The first kappa shape index (κ1) is 14.1. The maximum absolute atomic E-state index is 3.69. The summed E-state index contributed by atoms with van der Waals surface area (Å²) in [4.78, 5) is 1.51. The fraction of sp³-hybridized carbons (Fsp3) is 0.750. The second kappa shape index (κ2) is 6.72. The van der Waals surface area contributed by atoms with Gasteiger partial charge in [0.2, 0.25) is 0 Å². The Hall–Kier alpha value is -0.340.